The van der Waals surface area contributed by atoms with Crippen LogP contribution < -0.4 is 15.4 Å². The summed E-state index contributed by atoms with van der Waals surface area (Å²) in [6.45, 7) is 1.55. The van der Waals surface area contributed by atoms with Crippen molar-refractivity contribution in [2.24, 2.45) is 0 Å². The van der Waals surface area contributed by atoms with E-state index < -0.39 is 16.9 Å². The van der Waals surface area contributed by atoms with E-state index in [4.69, 9.17) is 40.2 Å². The fraction of sp³-hybridized carbons (Fsp3) is 0.105. The van der Waals surface area contributed by atoms with Crippen molar-refractivity contribution in [3.05, 3.63) is 68.0 Å². The smallest absolute Gasteiger partial charge is 0.270 e. The highest BCUT2D eigenvalue weighted by Gasteiger charge is 2.18. The number of carbonyl (C=O) groups is 1. The van der Waals surface area contributed by atoms with Gasteiger partial charge in [0.05, 0.1) is 15.6 Å². The van der Waals surface area contributed by atoms with E-state index in [1.54, 1.807) is 36.6 Å². The molecule has 3 rings (SSSR count). The second-order valence-electron chi connectivity index (χ2n) is 6.12. The van der Waals surface area contributed by atoms with Crippen LogP contribution in [0.2, 0.25) is 10.0 Å². The highest BCUT2D eigenvalue weighted by Crippen LogP contribution is 2.29. The molecule has 1 aromatic heterocycles. The Bertz CT molecular complexity index is 1160. The van der Waals surface area contributed by atoms with Gasteiger partial charge in [-0.05, 0) is 37.3 Å². The molecule has 1 amide bonds. The molecule has 2 aromatic carbocycles. The molecule has 3 aromatic rings. The molecule has 0 aliphatic rings. The Morgan fingerprint density at radius 1 is 1.29 bits per heavy atom. The third kappa shape index (κ3) is 6.11. The summed E-state index contributed by atoms with van der Waals surface area (Å²) in [6.07, 6.45) is -0.879. The van der Waals surface area contributed by atoms with Gasteiger partial charge in [-0.15, -0.1) is 11.3 Å². The number of nitro benzene ring substituents is 1. The van der Waals surface area contributed by atoms with Gasteiger partial charge in [0, 0.05) is 28.1 Å². The first-order valence-electron chi connectivity index (χ1n) is 8.67. The maximum absolute atomic E-state index is 12.3. The number of nitrogens with zero attached hydrogens (tertiary/aromatic N) is 2. The second-order valence-corrected chi connectivity index (χ2v) is 8.23. The molecule has 0 spiro atoms. The van der Waals surface area contributed by atoms with Gasteiger partial charge in [-0.2, -0.15) is 0 Å². The van der Waals surface area contributed by atoms with Crippen LogP contribution in [0.25, 0.3) is 11.3 Å². The van der Waals surface area contributed by atoms with E-state index >= 15 is 0 Å². The molecule has 1 heterocycles. The van der Waals surface area contributed by atoms with Crippen LogP contribution in [0, 0.1) is 10.1 Å². The normalized spacial score (nSPS) is 11.5. The number of nitrogens with one attached hydrogen (secondary N) is 2. The molecule has 12 heteroatoms. The molecule has 0 fully saturated rings. The lowest BCUT2D eigenvalue weighted by atomic mass is 10.1. The van der Waals surface area contributed by atoms with Crippen molar-refractivity contribution in [2.75, 3.05) is 5.32 Å². The van der Waals surface area contributed by atoms with Crippen molar-refractivity contribution in [1.29, 1.82) is 0 Å². The Labute approximate surface area is 196 Å². The monoisotopic (exact) mass is 496 g/mol. The van der Waals surface area contributed by atoms with Crippen LogP contribution in [0.3, 0.4) is 0 Å². The van der Waals surface area contributed by atoms with Crippen LogP contribution in [-0.2, 0) is 4.79 Å². The number of nitro groups is 1. The molecule has 0 bridgehead atoms. The maximum atomic E-state index is 12.3. The van der Waals surface area contributed by atoms with Gasteiger partial charge in [0.1, 0.15) is 5.75 Å². The zero-order chi connectivity index (χ0) is 22.5. The fourth-order valence-corrected chi connectivity index (χ4v) is 3.84. The predicted octanol–water partition coefficient (Wildman–Crippen LogP) is 5.31. The Balaban J connectivity index is 1.59. The summed E-state index contributed by atoms with van der Waals surface area (Å²) < 4.78 is 5.55. The molecule has 160 valence electrons. The largest absolute Gasteiger partial charge is 0.479 e. The van der Waals surface area contributed by atoms with Crippen LogP contribution in [0.15, 0.2) is 47.8 Å². The number of hydrogen-bond acceptors (Lipinski definition) is 7. The first kappa shape index (κ1) is 22.9. The summed E-state index contributed by atoms with van der Waals surface area (Å²) in [5.41, 5.74) is 1.10. The highest BCUT2D eigenvalue weighted by atomic mass is 35.5. The minimum absolute atomic E-state index is 0.0300. The summed E-state index contributed by atoms with van der Waals surface area (Å²) in [4.78, 5) is 27.2. The van der Waals surface area contributed by atoms with Gasteiger partial charge in [0.15, 0.2) is 16.3 Å². The fourth-order valence-electron chi connectivity index (χ4n) is 2.40. The standard InChI is InChI=1S/C19H14Cl2N4O4S2/c1-10(29-16-6-5-12(20)8-14(16)21)17(26)23-18(30)24-19-22-15(9-31-19)11-3-2-4-13(7-11)25(27)28/h2-10H,1H3,(H2,22,23,24,26,30). The second kappa shape index (κ2) is 10.0. The first-order chi connectivity index (χ1) is 14.7. The molecule has 0 saturated heterocycles. The Morgan fingerprint density at radius 3 is 2.77 bits per heavy atom. The van der Waals surface area contributed by atoms with Gasteiger partial charge in [0.25, 0.3) is 11.6 Å². The van der Waals surface area contributed by atoms with E-state index in [-0.39, 0.29) is 15.8 Å². The number of ether oxygens (including phenoxy) is 1. The maximum Gasteiger partial charge on any atom is 0.270 e. The van der Waals surface area contributed by atoms with Crippen molar-refractivity contribution in [2.45, 2.75) is 13.0 Å². The number of rotatable bonds is 6. The summed E-state index contributed by atoms with van der Waals surface area (Å²) in [5, 5.41) is 19.2. The Kier molecular flexibility index (Phi) is 7.39. The minimum atomic E-state index is -0.879. The molecule has 0 aliphatic heterocycles. The lowest BCUT2D eigenvalue weighted by Gasteiger charge is -2.16. The van der Waals surface area contributed by atoms with E-state index in [1.807, 2.05) is 0 Å². The van der Waals surface area contributed by atoms with Crippen molar-refractivity contribution >= 4 is 68.6 Å². The molecule has 1 atom stereocenters. The number of halogens is 2. The zero-order valence-corrected chi connectivity index (χ0v) is 18.9. The average Bonchev–Trinajstić information content (AvgIpc) is 3.18. The highest BCUT2D eigenvalue weighted by molar-refractivity contribution is 7.80. The molecule has 0 aliphatic carbocycles. The number of aromatic nitrogens is 1. The van der Waals surface area contributed by atoms with Crippen molar-refractivity contribution in [3.8, 4) is 17.0 Å². The van der Waals surface area contributed by atoms with Gasteiger partial charge in [0.2, 0.25) is 0 Å². The number of carbonyl (C=O) groups excluding carboxylic acids is 1. The van der Waals surface area contributed by atoms with Gasteiger partial charge in [-0.25, -0.2) is 4.98 Å². The Morgan fingerprint density at radius 2 is 2.06 bits per heavy atom. The van der Waals surface area contributed by atoms with E-state index in [0.717, 1.165) is 0 Å². The minimum Gasteiger partial charge on any atom is -0.479 e. The van der Waals surface area contributed by atoms with E-state index in [0.29, 0.717) is 27.2 Å². The molecule has 31 heavy (non-hydrogen) atoms. The summed E-state index contributed by atoms with van der Waals surface area (Å²) in [7, 11) is 0. The molecule has 8 nitrogen and oxygen atoms in total. The molecule has 1 unspecified atom stereocenters. The van der Waals surface area contributed by atoms with Crippen molar-refractivity contribution < 1.29 is 14.5 Å². The van der Waals surface area contributed by atoms with Gasteiger partial charge >= 0.3 is 0 Å². The first-order valence-corrected chi connectivity index (χ1v) is 10.7. The molecule has 0 radical (unpaired) electrons. The van der Waals surface area contributed by atoms with Crippen LogP contribution in [0.5, 0.6) is 5.75 Å². The molecule has 2 N–H and O–H groups in total. The number of thiazole rings is 1. The summed E-state index contributed by atoms with van der Waals surface area (Å²) in [5.74, 6) is -0.173. The number of non-ortho nitro benzene ring substituents is 1. The van der Waals surface area contributed by atoms with Gasteiger partial charge in [-0.1, -0.05) is 35.3 Å². The lowest BCUT2D eigenvalue weighted by Crippen LogP contribution is -2.42. The number of hydrogen-bond donors (Lipinski definition) is 2. The summed E-state index contributed by atoms with van der Waals surface area (Å²) >= 11 is 18.3. The van der Waals surface area contributed by atoms with Crippen LogP contribution in [0.4, 0.5) is 10.8 Å². The number of anilines is 1. The molecular weight excluding hydrogens is 483 g/mol. The summed E-state index contributed by atoms with van der Waals surface area (Å²) in [6, 6.07) is 10.8. The van der Waals surface area contributed by atoms with Crippen LogP contribution >= 0.6 is 46.8 Å². The van der Waals surface area contributed by atoms with E-state index in [9.17, 15) is 14.9 Å². The Hall–Kier alpha value is -2.79. The third-order valence-electron chi connectivity index (χ3n) is 3.88. The number of benzene rings is 2. The van der Waals surface area contributed by atoms with Gasteiger partial charge in [-0.3, -0.25) is 20.2 Å². The molecular formula is C19H14Cl2N4O4S2. The van der Waals surface area contributed by atoms with Crippen LogP contribution in [-0.4, -0.2) is 27.0 Å². The van der Waals surface area contributed by atoms with E-state index in [1.165, 1.54) is 29.5 Å². The van der Waals surface area contributed by atoms with Gasteiger partial charge < -0.3 is 10.1 Å². The lowest BCUT2D eigenvalue weighted by molar-refractivity contribution is -0.384. The zero-order valence-electron chi connectivity index (χ0n) is 15.8. The van der Waals surface area contributed by atoms with Crippen molar-refractivity contribution in [1.82, 2.24) is 10.3 Å². The predicted molar refractivity (Wildman–Crippen MR) is 125 cm³/mol. The number of thiocarbonyl (C=S) groups is 1. The third-order valence-corrected chi connectivity index (χ3v) is 5.37. The quantitative estimate of drug-likeness (QED) is 0.270. The molecule has 0 saturated carbocycles. The average molecular weight is 497 g/mol. The van der Waals surface area contributed by atoms with Crippen molar-refractivity contribution in [3.63, 3.8) is 0 Å². The van der Waals surface area contributed by atoms with Crippen LogP contribution in [0.1, 0.15) is 6.92 Å². The number of amides is 1. The topological polar surface area (TPSA) is 106 Å². The van der Waals surface area contributed by atoms with E-state index in [2.05, 4.69) is 15.6 Å². The SMILES string of the molecule is CC(Oc1ccc(Cl)cc1Cl)C(=O)NC(=S)Nc1nc(-c2cccc([N+](=O)[O-])c2)cs1.